The smallest absolute Gasteiger partial charge is 0.191 e. The van der Waals surface area contributed by atoms with E-state index in [4.69, 9.17) is 11.6 Å². The van der Waals surface area contributed by atoms with Gasteiger partial charge in [-0.15, -0.1) is 0 Å². The van der Waals surface area contributed by atoms with E-state index in [1.165, 1.54) is 0 Å². The van der Waals surface area contributed by atoms with Crippen LogP contribution in [0.5, 0.6) is 0 Å². The largest absolute Gasteiger partial charge is 0.383 e. The van der Waals surface area contributed by atoms with Crippen LogP contribution in [0.3, 0.4) is 0 Å². The van der Waals surface area contributed by atoms with Crippen LogP contribution in [-0.4, -0.2) is 40.5 Å². The number of aliphatic hydroxyl groups is 1. The van der Waals surface area contributed by atoms with Crippen molar-refractivity contribution >= 4 is 33.5 Å². The van der Waals surface area contributed by atoms with E-state index in [1.807, 2.05) is 32.2 Å². The zero-order valence-electron chi connectivity index (χ0n) is 15.3. The Morgan fingerprint density at radius 1 is 1.42 bits per heavy atom. The lowest BCUT2D eigenvalue weighted by molar-refractivity contribution is 0.0672. The van der Waals surface area contributed by atoms with Crippen molar-refractivity contribution in [1.29, 1.82) is 0 Å². The molecule has 1 aromatic heterocycles. The molecule has 0 aliphatic carbocycles. The van der Waals surface area contributed by atoms with Crippen molar-refractivity contribution in [2.75, 3.05) is 19.6 Å². The average Bonchev–Trinajstić information content (AvgIpc) is 3.03. The number of halogens is 2. The Balaban J connectivity index is 1.97. The molecule has 0 radical (unpaired) electrons. The normalized spacial score (nSPS) is 14.2. The number of rotatable bonds is 7. The van der Waals surface area contributed by atoms with Gasteiger partial charge in [-0.25, -0.2) is 4.99 Å². The molecule has 26 heavy (non-hydrogen) atoms. The molecule has 0 aliphatic heterocycles. The van der Waals surface area contributed by atoms with Crippen molar-refractivity contribution in [3.63, 3.8) is 0 Å². The Morgan fingerprint density at radius 3 is 2.85 bits per heavy atom. The Bertz CT molecular complexity index is 760. The van der Waals surface area contributed by atoms with Gasteiger partial charge in [0, 0.05) is 41.4 Å². The van der Waals surface area contributed by atoms with E-state index in [0.29, 0.717) is 12.5 Å². The molecule has 2 aromatic rings. The molecule has 0 spiro atoms. The van der Waals surface area contributed by atoms with Crippen molar-refractivity contribution in [1.82, 2.24) is 20.4 Å². The van der Waals surface area contributed by atoms with Gasteiger partial charge in [0.05, 0.1) is 12.7 Å². The maximum absolute atomic E-state index is 10.6. The minimum atomic E-state index is -1.08. The monoisotopic (exact) mass is 441 g/mol. The lowest BCUT2D eigenvalue weighted by Crippen LogP contribution is -2.39. The maximum atomic E-state index is 10.6. The van der Waals surface area contributed by atoms with Gasteiger partial charge in [-0.2, -0.15) is 5.10 Å². The van der Waals surface area contributed by atoms with Crippen molar-refractivity contribution in [3.05, 3.63) is 51.2 Å². The first-order valence-corrected chi connectivity index (χ1v) is 9.66. The van der Waals surface area contributed by atoms with Gasteiger partial charge in [0.2, 0.25) is 0 Å². The molecule has 1 atom stereocenters. The Labute approximate surface area is 167 Å². The van der Waals surface area contributed by atoms with Gasteiger partial charge in [0.25, 0.3) is 0 Å². The molecule has 6 nitrogen and oxygen atoms in total. The average molecular weight is 443 g/mol. The second kappa shape index (κ2) is 9.39. The van der Waals surface area contributed by atoms with E-state index in [0.717, 1.165) is 33.6 Å². The second-order valence-electron chi connectivity index (χ2n) is 6.28. The third-order valence-electron chi connectivity index (χ3n) is 3.91. The Morgan fingerprint density at radius 2 is 2.19 bits per heavy atom. The van der Waals surface area contributed by atoms with Crippen molar-refractivity contribution in [2.45, 2.75) is 25.9 Å². The highest BCUT2D eigenvalue weighted by Gasteiger charge is 2.24. The number of aromatic nitrogens is 2. The number of nitrogens with one attached hydrogen (secondary N) is 2. The molecule has 0 saturated heterocycles. The zero-order chi connectivity index (χ0) is 19.2. The van der Waals surface area contributed by atoms with E-state index in [1.54, 1.807) is 24.0 Å². The third kappa shape index (κ3) is 6.00. The van der Waals surface area contributed by atoms with Crippen LogP contribution in [0, 0.1) is 0 Å². The fourth-order valence-electron chi connectivity index (χ4n) is 2.42. The van der Waals surface area contributed by atoms with Crippen LogP contribution in [0.1, 0.15) is 25.0 Å². The lowest BCUT2D eigenvalue weighted by atomic mass is 10.0. The molecule has 3 N–H and O–H groups in total. The molecule has 1 unspecified atom stereocenters. The molecule has 0 bridgehead atoms. The number of nitrogens with zero attached hydrogens (tertiary/aromatic N) is 3. The van der Waals surface area contributed by atoms with Crippen LogP contribution in [0.4, 0.5) is 0 Å². The predicted molar refractivity (Wildman–Crippen MR) is 110 cm³/mol. The van der Waals surface area contributed by atoms with Crippen LogP contribution in [0.2, 0.25) is 5.02 Å². The van der Waals surface area contributed by atoms with E-state index in [9.17, 15) is 5.11 Å². The summed E-state index contributed by atoms with van der Waals surface area (Å²) in [6, 6.07) is 5.75. The summed E-state index contributed by atoms with van der Waals surface area (Å²) in [5.74, 6) is 0.662. The summed E-state index contributed by atoms with van der Waals surface area (Å²) in [5.41, 5.74) is 0.790. The van der Waals surface area contributed by atoms with Gasteiger partial charge in [-0.05, 0) is 44.0 Å². The summed E-state index contributed by atoms with van der Waals surface area (Å²) in [5, 5.41) is 22.0. The van der Waals surface area contributed by atoms with Gasteiger partial charge in [0.15, 0.2) is 5.96 Å². The first kappa shape index (κ1) is 20.7. The van der Waals surface area contributed by atoms with Crippen LogP contribution in [0.15, 0.2) is 40.1 Å². The van der Waals surface area contributed by atoms with Gasteiger partial charge >= 0.3 is 0 Å². The fraction of sp³-hybridized carbons (Fsp3) is 0.444. The molecule has 0 saturated carbocycles. The molecule has 8 heteroatoms. The van der Waals surface area contributed by atoms with Gasteiger partial charge in [0.1, 0.15) is 5.60 Å². The lowest BCUT2D eigenvalue weighted by Gasteiger charge is -2.20. The molecule has 1 heterocycles. The summed E-state index contributed by atoms with van der Waals surface area (Å²) in [6.07, 6.45) is 4.25. The molecule has 0 amide bonds. The molecule has 0 aliphatic rings. The Hall–Kier alpha value is -1.57. The molecule has 2 rings (SSSR count). The zero-order valence-corrected chi connectivity index (χ0v) is 17.6. The van der Waals surface area contributed by atoms with Crippen LogP contribution in [0.25, 0.3) is 0 Å². The van der Waals surface area contributed by atoms with Gasteiger partial charge < -0.3 is 15.7 Å². The highest BCUT2D eigenvalue weighted by atomic mass is 79.9. The number of guanidine groups is 1. The molecular formula is C18H25BrClN5O. The van der Waals surface area contributed by atoms with Gasteiger partial charge in [-0.1, -0.05) is 27.5 Å². The van der Waals surface area contributed by atoms with E-state index in [2.05, 4.69) is 36.7 Å². The second-order valence-corrected chi connectivity index (χ2v) is 7.57. The summed E-state index contributed by atoms with van der Waals surface area (Å²) < 4.78 is 2.70. The quantitative estimate of drug-likeness (QED) is 0.455. The molecule has 1 aromatic carbocycles. The summed E-state index contributed by atoms with van der Waals surface area (Å²) >= 11 is 9.60. The Kier molecular flexibility index (Phi) is 7.49. The van der Waals surface area contributed by atoms with Crippen molar-refractivity contribution in [3.8, 4) is 0 Å². The van der Waals surface area contributed by atoms with Crippen LogP contribution < -0.4 is 10.6 Å². The fourth-order valence-corrected chi connectivity index (χ4v) is 3.06. The van der Waals surface area contributed by atoms with E-state index >= 15 is 0 Å². The molecular weight excluding hydrogens is 418 g/mol. The highest BCUT2D eigenvalue weighted by molar-refractivity contribution is 9.10. The first-order valence-electron chi connectivity index (χ1n) is 8.49. The first-order chi connectivity index (χ1) is 12.3. The molecule has 0 fully saturated rings. The number of aryl methyl sites for hydroxylation is 1. The summed E-state index contributed by atoms with van der Waals surface area (Å²) in [6.45, 7) is 5.40. The van der Waals surface area contributed by atoms with Crippen molar-refractivity contribution < 1.29 is 5.11 Å². The highest BCUT2D eigenvalue weighted by Crippen LogP contribution is 2.21. The minimum absolute atomic E-state index is 0.231. The maximum Gasteiger partial charge on any atom is 0.191 e. The number of hydrogen-bond donors (Lipinski definition) is 3. The third-order valence-corrected chi connectivity index (χ3v) is 4.92. The minimum Gasteiger partial charge on any atom is -0.383 e. The topological polar surface area (TPSA) is 74.5 Å². The van der Waals surface area contributed by atoms with Crippen molar-refractivity contribution in [2.24, 2.45) is 12.0 Å². The number of benzene rings is 1. The van der Waals surface area contributed by atoms with E-state index < -0.39 is 5.60 Å². The van der Waals surface area contributed by atoms with Crippen LogP contribution >= 0.6 is 27.5 Å². The SMILES string of the molecule is CCNC(=NCC(C)(O)c1cnn(C)c1)NCCc1cc(Cl)ccc1Br. The van der Waals surface area contributed by atoms with Gasteiger partial charge in [-0.3, -0.25) is 4.68 Å². The van der Waals surface area contributed by atoms with E-state index in [-0.39, 0.29) is 6.54 Å². The summed E-state index contributed by atoms with van der Waals surface area (Å²) in [7, 11) is 1.82. The standard InChI is InChI=1S/C18H25BrClN5O/c1-4-21-17(22-8-7-13-9-15(20)5-6-16(13)19)23-12-18(2,26)14-10-24-25(3)11-14/h5-6,9-11,26H,4,7-8,12H2,1-3H3,(H2,21,22,23). The predicted octanol–water partition coefficient (Wildman–Crippen LogP) is 2.84. The van der Waals surface area contributed by atoms with Crippen LogP contribution in [-0.2, 0) is 19.1 Å². The molecule has 142 valence electrons. The summed E-state index contributed by atoms with van der Waals surface area (Å²) in [4.78, 5) is 4.51. The number of aliphatic imine (C=N–C) groups is 1. The number of hydrogen-bond acceptors (Lipinski definition) is 3.